The summed E-state index contributed by atoms with van der Waals surface area (Å²) in [7, 11) is 0. The fourth-order valence-corrected chi connectivity index (χ4v) is 10.3. The molecule has 0 fully saturated rings. The highest BCUT2D eigenvalue weighted by atomic mass is 32.1. The Morgan fingerprint density at radius 3 is 1.83 bits per heavy atom. The highest BCUT2D eigenvalue weighted by molar-refractivity contribution is 7.25. The lowest BCUT2D eigenvalue weighted by Gasteiger charge is -2.12. The van der Waals surface area contributed by atoms with E-state index >= 15 is 0 Å². The second-order valence-electron chi connectivity index (χ2n) is 15.7. The van der Waals surface area contributed by atoms with E-state index < -0.39 is 0 Å². The van der Waals surface area contributed by atoms with E-state index in [4.69, 9.17) is 23.8 Å². The van der Waals surface area contributed by atoms with Crippen LogP contribution in [0.1, 0.15) is 0 Å². The maximum Gasteiger partial charge on any atom is 0.164 e. The number of thiophene rings is 1. The van der Waals surface area contributed by atoms with Crippen molar-refractivity contribution in [3.8, 4) is 67.5 Å². The first-order chi connectivity index (χ1) is 31.2. The van der Waals surface area contributed by atoms with Crippen LogP contribution >= 0.6 is 11.3 Å². The summed E-state index contributed by atoms with van der Waals surface area (Å²) in [6.45, 7) is 0. The minimum Gasteiger partial charge on any atom is -0.456 e. The first-order valence-electron chi connectivity index (χ1n) is 20.9. The van der Waals surface area contributed by atoms with Gasteiger partial charge in [0.15, 0.2) is 17.5 Å². The van der Waals surface area contributed by atoms with Gasteiger partial charge in [-0.15, -0.1) is 11.3 Å². The molecular weight excluding hydrogens is 793 g/mol. The van der Waals surface area contributed by atoms with Crippen molar-refractivity contribution >= 4 is 75.4 Å². The van der Waals surface area contributed by atoms with Crippen LogP contribution in [-0.4, -0.2) is 19.9 Å². The lowest BCUT2D eigenvalue weighted by molar-refractivity contribution is 0.669. The number of fused-ring (bicyclic) bond motifs is 9. The number of hydrogen-bond acceptors (Lipinski definition) is 7. The molecule has 63 heavy (non-hydrogen) atoms. The maximum atomic E-state index is 6.79. The van der Waals surface area contributed by atoms with Gasteiger partial charge in [-0.3, -0.25) is 4.98 Å². The van der Waals surface area contributed by atoms with Crippen molar-refractivity contribution in [1.82, 2.24) is 19.9 Å². The summed E-state index contributed by atoms with van der Waals surface area (Å²) in [4.78, 5) is 19.9. The number of nitrogens with zero attached hydrogens (tertiary/aromatic N) is 4. The molecule has 0 unspecified atom stereocenters. The van der Waals surface area contributed by atoms with Gasteiger partial charge in [-0.2, -0.15) is 0 Å². The lowest BCUT2D eigenvalue weighted by atomic mass is 9.92. The van der Waals surface area contributed by atoms with Gasteiger partial charge in [0.25, 0.3) is 0 Å². The first kappa shape index (κ1) is 35.5. The third kappa shape index (κ3) is 5.78. The molecule has 7 heteroatoms. The largest absolute Gasteiger partial charge is 0.456 e. The number of para-hydroxylation sites is 2. The molecule has 0 aliphatic heterocycles. The third-order valence-corrected chi connectivity index (χ3v) is 13.2. The predicted molar refractivity (Wildman–Crippen MR) is 258 cm³/mol. The molecule has 13 aromatic rings. The Bertz CT molecular complexity index is 3920. The summed E-state index contributed by atoms with van der Waals surface area (Å²) in [6.07, 6.45) is 3.65. The summed E-state index contributed by atoms with van der Waals surface area (Å²) in [5.41, 5.74) is 12.3. The summed E-state index contributed by atoms with van der Waals surface area (Å²) in [5.74, 6) is 1.69. The van der Waals surface area contributed by atoms with Crippen molar-refractivity contribution in [2.24, 2.45) is 0 Å². The Morgan fingerprint density at radius 2 is 0.984 bits per heavy atom. The van der Waals surface area contributed by atoms with Crippen LogP contribution < -0.4 is 0 Å². The van der Waals surface area contributed by atoms with Gasteiger partial charge in [0.2, 0.25) is 0 Å². The molecule has 0 spiro atoms. The van der Waals surface area contributed by atoms with E-state index in [9.17, 15) is 0 Å². The summed E-state index contributed by atoms with van der Waals surface area (Å²) in [6, 6.07) is 63.0. The molecular formula is C56H32N4O2S. The van der Waals surface area contributed by atoms with E-state index in [2.05, 4.69) is 138 Å². The minimum absolute atomic E-state index is 0.554. The fourth-order valence-electron chi connectivity index (χ4n) is 9.15. The SMILES string of the molecule is c1cncc(-c2ccccc2-c2nc(-c3ccc(-c4ccc(-c5cccc6sc7ccccc7c56)c5oc6ccccc6c45)cc3)nc(-c3ccc4c(c3)oc3ccccc34)n2)c1. The molecule has 5 aromatic heterocycles. The maximum absolute atomic E-state index is 6.79. The van der Waals surface area contributed by atoms with Gasteiger partial charge in [0.1, 0.15) is 22.3 Å². The highest BCUT2D eigenvalue weighted by Crippen LogP contribution is 2.46. The van der Waals surface area contributed by atoms with Crippen molar-refractivity contribution < 1.29 is 8.83 Å². The molecule has 0 aliphatic carbocycles. The van der Waals surface area contributed by atoms with E-state index in [1.165, 1.54) is 25.7 Å². The number of hydrogen-bond donors (Lipinski definition) is 0. The molecule has 0 aliphatic rings. The topological polar surface area (TPSA) is 77.8 Å². The Balaban J connectivity index is 0.963. The molecule has 0 amide bonds. The molecule has 294 valence electrons. The van der Waals surface area contributed by atoms with Crippen LogP contribution in [0.4, 0.5) is 0 Å². The highest BCUT2D eigenvalue weighted by Gasteiger charge is 2.21. The molecule has 0 N–H and O–H groups in total. The van der Waals surface area contributed by atoms with Crippen LogP contribution in [0.15, 0.2) is 203 Å². The van der Waals surface area contributed by atoms with Crippen LogP contribution in [0, 0.1) is 0 Å². The van der Waals surface area contributed by atoms with Crippen LogP contribution in [0.25, 0.3) is 132 Å². The summed E-state index contributed by atoms with van der Waals surface area (Å²) in [5, 5.41) is 6.81. The van der Waals surface area contributed by atoms with Crippen molar-refractivity contribution in [3.63, 3.8) is 0 Å². The van der Waals surface area contributed by atoms with E-state index in [1.807, 2.05) is 66.1 Å². The molecule has 5 heterocycles. The number of rotatable bonds is 6. The number of furan rings is 2. The normalized spacial score (nSPS) is 11.8. The first-order valence-corrected chi connectivity index (χ1v) is 21.7. The quantitative estimate of drug-likeness (QED) is 0.166. The van der Waals surface area contributed by atoms with Crippen molar-refractivity contribution in [2.45, 2.75) is 0 Å². The van der Waals surface area contributed by atoms with Gasteiger partial charge in [0.05, 0.1) is 0 Å². The van der Waals surface area contributed by atoms with Gasteiger partial charge >= 0.3 is 0 Å². The third-order valence-electron chi connectivity index (χ3n) is 12.1. The fraction of sp³-hybridized carbons (Fsp3) is 0. The van der Waals surface area contributed by atoms with Crippen molar-refractivity contribution in [2.75, 3.05) is 0 Å². The van der Waals surface area contributed by atoms with Gasteiger partial charge < -0.3 is 8.83 Å². The number of aromatic nitrogens is 4. The molecule has 0 radical (unpaired) electrons. The molecule has 0 atom stereocenters. The predicted octanol–water partition coefficient (Wildman–Crippen LogP) is 15.4. The Kier molecular flexibility index (Phi) is 7.98. The van der Waals surface area contributed by atoms with E-state index in [0.29, 0.717) is 17.5 Å². The standard InChI is InChI=1S/C56H32N4O2S/c1-2-14-43(37(12-1)36-11-10-30-57-32-36)56-59-54(58-55(60-56)35-26-27-40-39-13-3-6-18-46(39)61-48(40)31-35)34-24-22-33(23-25-34)38-28-29-42(53-52(38)44-15-4-7-19-47(44)62-53)41-17-9-21-50-51(41)45-16-5-8-20-49(45)63-50/h1-32H. The number of benzene rings is 8. The van der Waals surface area contributed by atoms with E-state index in [0.717, 1.165) is 88.4 Å². The van der Waals surface area contributed by atoms with Crippen molar-refractivity contribution in [1.29, 1.82) is 0 Å². The zero-order chi connectivity index (χ0) is 41.4. The van der Waals surface area contributed by atoms with E-state index in [-0.39, 0.29) is 0 Å². The second kappa shape index (κ2) is 14.2. The van der Waals surface area contributed by atoms with Gasteiger partial charge in [0, 0.05) is 81.9 Å². The van der Waals surface area contributed by atoms with Crippen LogP contribution in [0.2, 0.25) is 0 Å². The van der Waals surface area contributed by atoms with Crippen LogP contribution in [0.5, 0.6) is 0 Å². The van der Waals surface area contributed by atoms with Crippen LogP contribution in [0.3, 0.4) is 0 Å². The van der Waals surface area contributed by atoms with Crippen molar-refractivity contribution in [3.05, 3.63) is 194 Å². The Hall–Kier alpha value is -8.26. The zero-order valence-electron chi connectivity index (χ0n) is 33.5. The minimum atomic E-state index is 0.554. The Labute approximate surface area is 364 Å². The molecule has 0 saturated heterocycles. The number of pyridine rings is 1. The lowest BCUT2D eigenvalue weighted by Crippen LogP contribution is -2.01. The average Bonchev–Trinajstić information content (AvgIpc) is 4.05. The van der Waals surface area contributed by atoms with Gasteiger partial charge in [-0.05, 0) is 70.8 Å². The Morgan fingerprint density at radius 1 is 0.349 bits per heavy atom. The molecule has 6 nitrogen and oxygen atoms in total. The molecule has 0 bridgehead atoms. The molecule has 0 saturated carbocycles. The molecule has 13 rings (SSSR count). The van der Waals surface area contributed by atoms with Gasteiger partial charge in [-0.1, -0.05) is 133 Å². The smallest absolute Gasteiger partial charge is 0.164 e. The average molecular weight is 825 g/mol. The molecule has 8 aromatic carbocycles. The monoisotopic (exact) mass is 824 g/mol. The van der Waals surface area contributed by atoms with E-state index in [1.54, 1.807) is 6.20 Å². The second-order valence-corrected chi connectivity index (χ2v) is 16.8. The summed E-state index contributed by atoms with van der Waals surface area (Å²) >= 11 is 1.83. The van der Waals surface area contributed by atoms with Gasteiger partial charge in [-0.25, -0.2) is 15.0 Å². The van der Waals surface area contributed by atoms with Crippen LogP contribution in [-0.2, 0) is 0 Å². The summed E-state index contributed by atoms with van der Waals surface area (Å²) < 4.78 is 15.6. The zero-order valence-corrected chi connectivity index (χ0v) is 34.3.